The minimum atomic E-state index is -1.05. The Balaban J connectivity index is 5.21. The molecule has 0 aromatic heterocycles. The summed E-state index contributed by atoms with van der Waals surface area (Å²) in [5.41, 5.74) is 0.114. The van der Waals surface area contributed by atoms with E-state index in [1.807, 2.05) is 0 Å². The fourth-order valence-electron chi connectivity index (χ4n) is 1.27. The minimum Gasteiger partial charge on any atom is -0.481 e. The summed E-state index contributed by atoms with van der Waals surface area (Å²) in [5, 5.41) is 8.82. The second-order valence-electron chi connectivity index (χ2n) is 3.76. The van der Waals surface area contributed by atoms with Gasteiger partial charge in [-0.05, 0) is 20.3 Å². The van der Waals surface area contributed by atoms with Gasteiger partial charge in [0.25, 0.3) is 0 Å². The number of hydrogen-bond acceptors (Lipinski definition) is 5. The van der Waals surface area contributed by atoms with Crippen molar-refractivity contribution in [2.75, 3.05) is 13.7 Å². The standard InChI is InChI=1S/C12H18O6/c1-5-18-11(15)8(3)9(12(16)17-4)6-7(2)10(13)14/h7H,5-6H2,1-4H3,(H,13,14)/b9-8+. The van der Waals surface area contributed by atoms with Crippen molar-refractivity contribution in [2.24, 2.45) is 5.92 Å². The van der Waals surface area contributed by atoms with Crippen LogP contribution in [-0.2, 0) is 23.9 Å². The summed E-state index contributed by atoms with van der Waals surface area (Å²) >= 11 is 0. The number of carboxylic acid groups (broad SMARTS) is 1. The molecule has 0 aromatic carbocycles. The third-order valence-corrected chi connectivity index (χ3v) is 2.40. The molecule has 0 aliphatic carbocycles. The largest absolute Gasteiger partial charge is 0.481 e. The van der Waals surface area contributed by atoms with Gasteiger partial charge < -0.3 is 14.6 Å². The summed E-state index contributed by atoms with van der Waals surface area (Å²) in [6.45, 7) is 4.69. The van der Waals surface area contributed by atoms with Crippen LogP contribution in [0, 0.1) is 5.92 Å². The smallest absolute Gasteiger partial charge is 0.334 e. The average molecular weight is 258 g/mol. The number of carbonyl (C=O) groups excluding carboxylic acids is 2. The molecular weight excluding hydrogens is 240 g/mol. The van der Waals surface area contributed by atoms with Crippen LogP contribution in [0.1, 0.15) is 27.2 Å². The van der Waals surface area contributed by atoms with Gasteiger partial charge >= 0.3 is 17.9 Å². The Morgan fingerprint density at radius 3 is 2.17 bits per heavy atom. The number of rotatable bonds is 6. The van der Waals surface area contributed by atoms with Gasteiger partial charge in [0.15, 0.2) is 0 Å². The van der Waals surface area contributed by atoms with Gasteiger partial charge in [0.05, 0.1) is 19.6 Å². The first-order valence-electron chi connectivity index (χ1n) is 5.53. The van der Waals surface area contributed by atoms with Gasteiger partial charge in [-0.1, -0.05) is 6.92 Å². The number of esters is 2. The first kappa shape index (κ1) is 16.1. The highest BCUT2D eigenvalue weighted by Gasteiger charge is 2.23. The molecule has 0 spiro atoms. The van der Waals surface area contributed by atoms with Gasteiger partial charge in [0, 0.05) is 11.1 Å². The maximum absolute atomic E-state index is 11.5. The van der Waals surface area contributed by atoms with E-state index in [4.69, 9.17) is 9.84 Å². The summed E-state index contributed by atoms with van der Waals surface area (Å²) in [6.07, 6.45) is -0.0767. The van der Waals surface area contributed by atoms with Crippen molar-refractivity contribution in [3.8, 4) is 0 Å². The second kappa shape index (κ2) is 7.47. The molecule has 0 saturated heterocycles. The Morgan fingerprint density at radius 1 is 1.22 bits per heavy atom. The highest BCUT2D eigenvalue weighted by atomic mass is 16.5. The Bertz CT molecular complexity index is 369. The van der Waals surface area contributed by atoms with Crippen LogP contribution >= 0.6 is 0 Å². The molecule has 6 nitrogen and oxygen atoms in total. The quantitative estimate of drug-likeness (QED) is 0.567. The second-order valence-corrected chi connectivity index (χ2v) is 3.76. The predicted octanol–water partition coefficient (Wildman–Crippen LogP) is 1.15. The van der Waals surface area contributed by atoms with Crippen LogP contribution in [0.15, 0.2) is 11.1 Å². The fraction of sp³-hybridized carbons (Fsp3) is 0.583. The number of carbonyl (C=O) groups is 3. The van der Waals surface area contributed by atoms with E-state index in [1.54, 1.807) is 6.92 Å². The number of ether oxygens (including phenoxy) is 2. The normalized spacial score (nSPS) is 13.3. The minimum absolute atomic E-state index is 0.0332. The number of aliphatic carboxylic acids is 1. The highest BCUT2D eigenvalue weighted by Crippen LogP contribution is 2.18. The van der Waals surface area contributed by atoms with E-state index in [0.717, 1.165) is 0 Å². The van der Waals surface area contributed by atoms with Gasteiger partial charge in [-0.15, -0.1) is 0 Å². The maximum atomic E-state index is 11.5. The lowest BCUT2D eigenvalue weighted by molar-refractivity contribution is -0.143. The molecule has 0 aromatic rings. The van der Waals surface area contributed by atoms with Crippen molar-refractivity contribution in [3.05, 3.63) is 11.1 Å². The molecular formula is C12H18O6. The maximum Gasteiger partial charge on any atom is 0.334 e. The van der Waals surface area contributed by atoms with Gasteiger partial charge in [-0.2, -0.15) is 0 Å². The Kier molecular flexibility index (Phi) is 6.70. The van der Waals surface area contributed by atoms with E-state index >= 15 is 0 Å². The van der Waals surface area contributed by atoms with Crippen LogP contribution in [0.3, 0.4) is 0 Å². The summed E-state index contributed by atoms with van der Waals surface area (Å²) in [5.74, 6) is -3.19. The third kappa shape index (κ3) is 4.57. The highest BCUT2D eigenvalue weighted by molar-refractivity contribution is 6.00. The molecule has 0 saturated carbocycles. The lowest BCUT2D eigenvalue weighted by Crippen LogP contribution is -2.19. The summed E-state index contributed by atoms with van der Waals surface area (Å²) < 4.78 is 9.31. The molecule has 0 radical (unpaired) electrons. The zero-order chi connectivity index (χ0) is 14.3. The van der Waals surface area contributed by atoms with Crippen molar-refractivity contribution < 1.29 is 29.0 Å². The van der Waals surface area contributed by atoms with E-state index in [1.165, 1.54) is 21.0 Å². The Hall–Kier alpha value is -1.85. The fourth-order valence-corrected chi connectivity index (χ4v) is 1.27. The third-order valence-electron chi connectivity index (χ3n) is 2.40. The zero-order valence-electron chi connectivity index (χ0n) is 11.0. The Morgan fingerprint density at radius 2 is 1.78 bits per heavy atom. The molecule has 0 rings (SSSR count). The molecule has 0 fully saturated rings. The van der Waals surface area contributed by atoms with Gasteiger partial charge in [-0.3, -0.25) is 4.79 Å². The molecule has 0 aliphatic rings. The first-order chi connectivity index (χ1) is 8.34. The summed E-state index contributed by atoms with van der Waals surface area (Å²) in [4.78, 5) is 33.8. The van der Waals surface area contributed by atoms with Crippen molar-refractivity contribution in [2.45, 2.75) is 27.2 Å². The average Bonchev–Trinajstić information content (AvgIpc) is 2.33. The molecule has 1 atom stereocenters. The van der Waals surface area contributed by atoms with Crippen LogP contribution in [0.5, 0.6) is 0 Å². The monoisotopic (exact) mass is 258 g/mol. The van der Waals surface area contributed by atoms with Crippen molar-refractivity contribution in [1.82, 2.24) is 0 Å². The van der Waals surface area contributed by atoms with Crippen LogP contribution in [-0.4, -0.2) is 36.7 Å². The van der Waals surface area contributed by atoms with Crippen LogP contribution in [0.25, 0.3) is 0 Å². The number of carboxylic acids is 1. The van der Waals surface area contributed by atoms with Gasteiger partial charge in [0.2, 0.25) is 0 Å². The number of hydrogen-bond donors (Lipinski definition) is 1. The van der Waals surface area contributed by atoms with Gasteiger partial charge in [0.1, 0.15) is 0 Å². The molecule has 0 bridgehead atoms. The van der Waals surface area contributed by atoms with Crippen molar-refractivity contribution >= 4 is 17.9 Å². The zero-order valence-corrected chi connectivity index (χ0v) is 11.0. The molecule has 1 unspecified atom stereocenters. The molecule has 6 heteroatoms. The predicted molar refractivity (Wildman–Crippen MR) is 62.8 cm³/mol. The van der Waals surface area contributed by atoms with Crippen molar-refractivity contribution in [1.29, 1.82) is 0 Å². The molecule has 0 amide bonds. The molecule has 0 aliphatic heterocycles. The SMILES string of the molecule is CCOC(=O)/C(C)=C(\CC(C)C(=O)O)C(=O)OC. The van der Waals surface area contributed by atoms with Gasteiger partial charge in [-0.25, -0.2) is 9.59 Å². The molecule has 102 valence electrons. The Labute approximate surface area is 106 Å². The van der Waals surface area contributed by atoms with E-state index in [2.05, 4.69) is 4.74 Å². The van der Waals surface area contributed by atoms with E-state index in [-0.39, 0.29) is 24.2 Å². The molecule has 18 heavy (non-hydrogen) atoms. The number of methoxy groups -OCH3 is 1. The lowest BCUT2D eigenvalue weighted by Gasteiger charge is -2.12. The summed E-state index contributed by atoms with van der Waals surface area (Å²) in [7, 11) is 1.17. The van der Waals surface area contributed by atoms with Crippen molar-refractivity contribution in [3.63, 3.8) is 0 Å². The van der Waals surface area contributed by atoms with E-state index in [9.17, 15) is 14.4 Å². The molecule has 1 N–H and O–H groups in total. The first-order valence-corrected chi connectivity index (χ1v) is 5.53. The topological polar surface area (TPSA) is 89.9 Å². The van der Waals surface area contributed by atoms with Crippen LogP contribution in [0.4, 0.5) is 0 Å². The molecule has 0 heterocycles. The van der Waals surface area contributed by atoms with E-state index in [0.29, 0.717) is 0 Å². The van der Waals surface area contributed by atoms with Crippen LogP contribution < -0.4 is 0 Å². The lowest BCUT2D eigenvalue weighted by atomic mass is 9.97. The summed E-state index contributed by atoms with van der Waals surface area (Å²) in [6, 6.07) is 0. The van der Waals surface area contributed by atoms with Crippen LogP contribution in [0.2, 0.25) is 0 Å². The van der Waals surface area contributed by atoms with E-state index < -0.39 is 23.8 Å².